The van der Waals surface area contributed by atoms with Gasteiger partial charge in [-0.2, -0.15) is 0 Å². The third-order valence-electron chi connectivity index (χ3n) is 7.55. The predicted octanol–water partition coefficient (Wildman–Crippen LogP) is 4.79. The molecule has 1 amide bonds. The fourth-order valence-electron chi connectivity index (χ4n) is 5.38. The van der Waals surface area contributed by atoms with Crippen LogP contribution < -0.4 is 9.64 Å². The van der Waals surface area contributed by atoms with Crippen LogP contribution in [0.25, 0.3) is 0 Å². The number of hydrogen-bond acceptors (Lipinski definition) is 5. The van der Waals surface area contributed by atoms with Crippen LogP contribution in [0.3, 0.4) is 0 Å². The van der Waals surface area contributed by atoms with Crippen LogP contribution in [0.2, 0.25) is 0 Å². The number of hydrogen-bond donors (Lipinski definition) is 0. The van der Waals surface area contributed by atoms with Gasteiger partial charge in [0.25, 0.3) is 5.91 Å². The second kappa shape index (κ2) is 11.8. The summed E-state index contributed by atoms with van der Waals surface area (Å²) >= 11 is 0. The molecule has 1 fully saturated rings. The topological polar surface area (TPSA) is 45.3 Å². The van der Waals surface area contributed by atoms with E-state index in [9.17, 15) is 4.79 Å². The normalized spacial score (nSPS) is 17.8. The Kier molecular flexibility index (Phi) is 8.07. The van der Waals surface area contributed by atoms with Crippen molar-refractivity contribution >= 4 is 11.6 Å². The fraction of sp³-hybridized carbons (Fsp3) is 0.387. The quantitative estimate of drug-likeness (QED) is 0.446. The van der Waals surface area contributed by atoms with Gasteiger partial charge < -0.3 is 19.3 Å². The zero-order valence-corrected chi connectivity index (χ0v) is 21.9. The first-order chi connectivity index (χ1) is 18.1. The van der Waals surface area contributed by atoms with Crippen LogP contribution >= 0.6 is 0 Å². The first-order valence-corrected chi connectivity index (χ1v) is 13.3. The molecule has 0 aliphatic carbocycles. The molecule has 1 unspecified atom stereocenters. The van der Waals surface area contributed by atoms with Gasteiger partial charge in [0.1, 0.15) is 5.75 Å². The highest BCUT2D eigenvalue weighted by Gasteiger charge is 2.25. The third kappa shape index (κ3) is 6.14. The number of methoxy groups -OCH3 is 1. The summed E-state index contributed by atoms with van der Waals surface area (Å²) in [6.07, 6.45) is 1.92. The lowest BCUT2D eigenvalue weighted by atomic mass is 9.93. The van der Waals surface area contributed by atoms with Crippen molar-refractivity contribution in [3.8, 4) is 5.75 Å². The number of amides is 1. The summed E-state index contributed by atoms with van der Waals surface area (Å²) in [5.41, 5.74) is 5.64. The summed E-state index contributed by atoms with van der Waals surface area (Å²) in [6, 6.07) is 24.6. The van der Waals surface area contributed by atoms with Gasteiger partial charge in [0.15, 0.2) is 0 Å². The van der Waals surface area contributed by atoms with E-state index >= 15 is 0 Å². The molecule has 0 saturated carbocycles. The van der Waals surface area contributed by atoms with Crippen molar-refractivity contribution in [2.45, 2.75) is 25.5 Å². The Hall–Kier alpha value is -3.35. The number of nitrogens with zero attached hydrogens (tertiary/aromatic N) is 3. The molecule has 6 heteroatoms. The minimum atomic E-state index is 0.0597. The van der Waals surface area contributed by atoms with Crippen LogP contribution in [-0.2, 0) is 17.7 Å². The lowest BCUT2D eigenvalue weighted by Crippen LogP contribution is -2.46. The van der Waals surface area contributed by atoms with Crippen molar-refractivity contribution in [1.82, 2.24) is 9.80 Å². The Labute approximate surface area is 220 Å². The van der Waals surface area contributed by atoms with Gasteiger partial charge in [-0.1, -0.05) is 36.4 Å². The van der Waals surface area contributed by atoms with Crippen molar-refractivity contribution in [3.05, 3.63) is 95.1 Å². The number of rotatable bonds is 8. The standard InChI is InChI=1S/C31H37N3O3/c1-32(23-24-6-4-3-5-7-24)31(35)26-8-13-29-25(22-26)15-21-37-30(29)14-16-33-17-19-34(20-18-33)27-9-11-28(36-2)12-10-27/h3-13,22,30H,14-21,23H2,1-2H3. The molecule has 5 rings (SSSR count). The maximum Gasteiger partial charge on any atom is 0.253 e. The van der Waals surface area contributed by atoms with Crippen molar-refractivity contribution in [2.24, 2.45) is 0 Å². The van der Waals surface area contributed by atoms with E-state index in [1.807, 2.05) is 43.4 Å². The van der Waals surface area contributed by atoms with Crippen molar-refractivity contribution in [1.29, 1.82) is 0 Å². The second-order valence-electron chi connectivity index (χ2n) is 9.99. The van der Waals surface area contributed by atoms with Gasteiger partial charge in [-0.05, 0) is 65.9 Å². The Morgan fingerprint density at radius 1 is 1.00 bits per heavy atom. The van der Waals surface area contributed by atoms with Crippen LogP contribution in [-0.4, -0.2) is 69.2 Å². The Morgan fingerprint density at radius 2 is 1.76 bits per heavy atom. The number of ether oxygens (including phenoxy) is 2. The van der Waals surface area contributed by atoms with Crippen LogP contribution in [0.5, 0.6) is 5.75 Å². The van der Waals surface area contributed by atoms with E-state index in [2.05, 4.69) is 46.2 Å². The Morgan fingerprint density at radius 3 is 2.49 bits per heavy atom. The number of piperazine rings is 1. The molecule has 2 heterocycles. The largest absolute Gasteiger partial charge is 0.497 e. The Balaban J connectivity index is 1.15. The second-order valence-corrected chi connectivity index (χ2v) is 9.99. The zero-order chi connectivity index (χ0) is 25.6. The van der Waals surface area contributed by atoms with Gasteiger partial charge in [-0.3, -0.25) is 9.69 Å². The molecule has 0 spiro atoms. The number of benzene rings is 3. The van der Waals surface area contributed by atoms with E-state index in [0.717, 1.165) is 62.4 Å². The highest BCUT2D eigenvalue weighted by atomic mass is 16.5. The maximum absolute atomic E-state index is 13.1. The van der Waals surface area contributed by atoms with E-state index in [4.69, 9.17) is 9.47 Å². The summed E-state index contributed by atoms with van der Waals surface area (Å²) in [6.45, 7) is 6.47. The molecule has 1 atom stereocenters. The summed E-state index contributed by atoms with van der Waals surface area (Å²) in [5, 5.41) is 0. The van der Waals surface area contributed by atoms with Gasteiger partial charge in [0.05, 0.1) is 19.8 Å². The van der Waals surface area contributed by atoms with E-state index in [1.54, 1.807) is 12.0 Å². The van der Waals surface area contributed by atoms with Gasteiger partial charge in [-0.25, -0.2) is 0 Å². The van der Waals surface area contributed by atoms with Crippen LogP contribution in [0.15, 0.2) is 72.8 Å². The van der Waals surface area contributed by atoms with Gasteiger partial charge in [0.2, 0.25) is 0 Å². The van der Waals surface area contributed by atoms with Crippen molar-refractivity contribution in [2.75, 3.05) is 58.4 Å². The van der Waals surface area contributed by atoms with E-state index in [1.165, 1.54) is 16.8 Å². The lowest BCUT2D eigenvalue weighted by Gasteiger charge is -2.37. The van der Waals surface area contributed by atoms with Crippen LogP contribution in [0.4, 0.5) is 5.69 Å². The van der Waals surface area contributed by atoms with Crippen molar-refractivity contribution in [3.63, 3.8) is 0 Å². The van der Waals surface area contributed by atoms with Crippen molar-refractivity contribution < 1.29 is 14.3 Å². The fourth-order valence-corrected chi connectivity index (χ4v) is 5.38. The summed E-state index contributed by atoms with van der Waals surface area (Å²) < 4.78 is 11.5. The highest BCUT2D eigenvalue weighted by Crippen LogP contribution is 2.31. The number of carbonyl (C=O) groups excluding carboxylic acids is 1. The first kappa shape index (κ1) is 25.3. The smallest absolute Gasteiger partial charge is 0.253 e. The molecule has 0 N–H and O–H groups in total. The molecular formula is C31H37N3O3. The minimum Gasteiger partial charge on any atom is -0.497 e. The summed E-state index contributed by atoms with van der Waals surface area (Å²) in [4.78, 5) is 19.9. The monoisotopic (exact) mass is 499 g/mol. The van der Waals surface area contributed by atoms with E-state index in [0.29, 0.717) is 13.2 Å². The molecule has 0 aromatic heterocycles. The molecular weight excluding hydrogens is 462 g/mol. The first-order valence-electron chi connectivity index (χ1n) is 13.3. The van der Waals surface area contributed by atoms with E-state index in [-0.39, 0.29) is 12.0 Å². The molecule has 0 bridgehead atoms. The van der Waals surface area contributed by atoms with E-state index < -0.39 is 0 Å². The SMILES string of the molecule is COc1ccc(N2CCN(CCC3OCCc4cc(C(=O)N(C)Cc5ccccc5)ccc43)CC2)cc1. The number of carbonyl (C=O) groups is 1. The van der Waals surface area contributed by atoms with Gasteiger partial charge in [-0.15, -0.1) is 0 Å². The molecule has 3 aromatic rings. The average Bonchev–Trinajstić information content (AvgIpc) is 2.96. The molecule has 3 aromatic carbocycles. The molecule has 194 valence electrons. The molecule has 2 aliphatic rings. The predicted molar refractivity (Wildman–Crippen MR) is 147 cm³/mol. The minimum absolute atomic E-state index is 0.0597. The number of anilines is 1. The number of fused-ring (bicyclic) bond motifs is 1. The Bertz CT molecular complexity index is 1170. The summed E-state index contributed by atoms with van der Waals surface area (Å²) in [7, 11) is 3.57. The third-order valence-corrected chi connectivity index (χ3v) is 7.55. The highest BCUT2D eigenvalue weighted by molar-refractivity contribution is 5.94. The molecule has 2 aliphatic heterocycles. The molecule has 0 radical (unpaired) electrons. The van der Waals surface area contributed by atoms with Crippen LogP contribution in [0.1, 0.15) is 39.6 Å². The zero-order valence-electron chi connectivity index (χ0n) is 21.9. The lowest BCUT2D eigenvalue weighted by molar-refractivity contribution is 0.0288. The molecule has 6 nitrogen and oxygen atoms in total. The average molecular weight is 500 g/mol. The van der Waals surface area contributed by atoms with Gasteiger partial charge in [0, 0.05) is 57.6 Å². The van der Waals surface area contributed by atoms with Gasteiger partial charge >= 0.3 is 0 Å². The maximum atomic E-state index is 13.1. The molecule has 1 saturated heterocycles. The van der Waals surface area contributed by atoms with Crippen LogP contribution in [0, 0.1) is 0 Å². The molecule has 37 heavy (non-hydrogen) atoms. The summed E-state index contributed by atoms with van der Waals surface area (Å²) in [5.74, 6) is 0.954.